The Hall–Kier alpha value is -1.81. The van der Waals surface area contributed by atoms with Crippen LogP contribution in [0.4, 0.5) is 4.79 Å². The van der Waals surface area contributed by atoms with Crippen LogP contribution in [0.3, 0.4) is 0 Å². The van der Waals surface area contributed by atoms with Gasteiger partial charge in [-0.15, -0.1) is 11.3 Å². The van der Waals surface area contributed by atoms with Crippen molar-refractivity contribution in [2.45, 2.75) is 20.0 Å². The van der Waals surface area contributed by atoms with Crippen molar-refractivity contribution in [1.29, 1.82) is 0 Å². The second-order valence-electron chi connectivity index (χ2n) is 4.10. The van der Waals surface area contributed by atoms with E-state index in [1.165, 1.54) is 5.56 Å². The summed E-state index contributed by atoms with van der Waals surface area (Å²) in [6.07, 6.45) is 0. The third-order valence-corrected chi connectivity index (χ3v) is 3.42. The molecule has 1 aromatic heterocycles. The Kier molecular flexibility index (Phi) is 4.36. The molecule has 2 aromatic rings. The molecule has 3 nitrogen and oxygen atoms in total. The monoisotopic (exact) mass is 260 g/mol. The van der Waals surface area contributed by atoms with Crippen LogP contribution >= 0.6 is 11.3 Å². The number of benzene rings is 1. The van der Waals surface area contributed by atoms with E-state index in [1.807, 2.05) is 42.6 Å². The minimum atomic E-state index is -0.134. The molecule has 0 fully saturated rings. The predicted molar refractivity (Wildman–Crippen MR) is 74.6 cm³/mol. The number of carbonyl (C=O) groups is 1. The SMILES string of the molecule is Cc1cccc(CNC(=O)NCc2cccs2)c1. The maximum Gasteiger partial charge on any atom is 0.315 e. The summed E-state index contributed by atoms with van der Waals surface area (Å²) < 4.78 is 0. The quantitative estimate of drug-likeness (QED) is 0.871. The summed E-state index contributed by atoms with van der Waals surface area (Å²) in [6, 6.07) is 12.0. The maximum atomic E-state index is 11.6. The van der Waals surface area contributed by atoms with E-state index in [2.05, 4.69) is 16.7 Å². The molecule has 2 rings (SSSR count). The van der Waals surface area contributed by atoms with Gasteiger partial charge in [-0.05, 0) is 23.9 Å². The molecule has 0 spiro atoms. The largest absolute Gasteiger partial charge is 0.334 e. The van der Waals surface area contributed by atoms with E-state index >= 15 is 0 Å². The fourth-order valence-corrected chi connectivity index (χ4v) is 2.29. The van der Waals surface area contributed by atoms with Crippen LogP contribution in [0.25, 0.3) is 0 Å². The Bertz CT molecular complexity index is 508. The minimum absolute atomic E-state index is 0.134. The second-order valence-corrected chi connectivity index (χ2v) is 5.14. The van der Waals surface area contributed by atoms with Crippen molar-refractivity contribution in [1.82, 2.24) is 10.6 Å². The average molecular weight is 260 g/mol. The van der Waals surface area contributed by atoms with Crippen LogP contribution in [0.2, 0.25) is 0 Å². The second kappa shape index (κ2) is 6.21. The third-order valence-electron chi connectivity index (χ3n) is 2.54. The summed E-state index contributed by atoms with van der Waals surface area (Å²) in [4.78, 5) is 12.7. The Morgan fingerprint density at radius 3 is 2.72 bits per heavy atom. The van der Waals surface area contributed by atoms with E-state index in [0.717, 1.165) is 10.4 Å². The van der Waals surface area contributed by atoms with Crippen molar-refractivity contribution >= 4 is 17.4 Å². The molecule has 1 aromatic carbocycles. The summed E-state index contributed by atoms with van der Waals surface area (Å²) >= 11 is 1.64. The molecule has 0 saturated heterocycles. The molecule has 0 aliphatic rings. The van der Waals surface area contributed by atoms with Gasteiger partial charge in [0.1, 0.15) is 0 Å². The zero-order valence-corrected chi connectivity index (χ0v) is 11.1. The average Bonchev–Trinajstić information content (AvgIpc) is 2.87. The number of hydrogen-bond acceptors (Lipinski definition) is 2. The highest BCUT2D eigenvalue weighted by molar-refractivity contribution is 7.09. The molecule has 0 atom stereocenters. The van der Waals surface area contributed by atoms with Crippen molar-refractivity contribution in [3.05, 3.63) is 57.8 Å². The molecule has 0 aliphatic carbocycles. The standard InChI is InChI=1S/C14H16N2OS/c1-11-4-2-5-12(8-11)9-15-14(17)16-10-13-6-3-7-18-13/h2-8H,9-10H2,1H3,(H2,15,16,17). The first-order valence-electron chi connectivity index (χ1n) is 5.83. The summed E-state index contributed by atoms with van der Waals surface area (Å²) in [5.74, 6) is 0. The molecule has 0 unspecified atom stereocenters. The number of aryl methyl sites for hydroxylation is 1. The molecule has 0 saturated carbocycles. The molecular weight excluding hydrogens is 244 g/mol. The molecule has 0 bridgehead atoms. The van der Waals surface area contributed by atoms with Crippen LogP contribution in [0.15, 0.2) is 41.8 Å². The van der Waals surface area contributed by atoms with Gasteiger partial charge in [0, 0.05) is 11.4 Å². The number of hydrogen-bond donors (Lipinski definition) is 2. The van der Waals surface area contributed by atoms with Gasteiger partial charge in [-0.25, -0.2) is 4.79 Å². The van der Waals surface area contributed by atoms with Crippen molar-refractivity contribution in [2.75, 3.05) is 0 Å². The lowest BCUT2D eigenvalue weighted by atomic mass is 10.1. The maximum absolute atomic E-state index is 11.6. The van der Waals surface area contributed by atoms with Crippen molar-refractivity contribution < 1.29 is 4.79 Å². The van der Waals surface area contributed by atoms with Gasteiger partial charge < -0.3 is 10.6 Å². The van der Waals surface area contributed by atoms with Gasteiger partial charge in [-0.1, -0.05) is 35.9 Å². The molecule has 1 heterocycles. The van der Waals surface area contributed by atoms with Crippen LogP contribution in [0, 0.1) is 6.92 Å². The Labute approximate surface area is 111 Å². The Balaban J connectivity index is 1.75. The zero-order chi connectivity index (χ0) is 12.8. The van der Waals surface area contributed by atoms with E-state index in [4.69, 9.17) is 0 Å². The van der Waals surface area contributed by atoms with Gasteiger partial charge in [0.2, 0.25) is 0 Å². The van der Waals surface area contributed by atoms with Gasteiger partial charge >= 0.3 is 6.03 Å². The number of nitrogens with one attached hydrogen (secondary N) is 2. The van der Waals surface area contributed by atoms with Gasteiger partial charge in [-0.3, -0.25) is 0 Å². The molecule has 4 heteroatoms. The first-order chi connectivity index (χ1) is 8.74. The van der Waals surface area contributed by atoms with Crippen molar-refractivity contribution in [2.24, 2.45) is 0 Å². The van der Waals surface area contributed by atoms with E-state index in [1.54, 1.807) is 11.3 Å². The summed E-state index contributed by atoms with van der Waals surface area (Å²) in [5.41, 5.74) is 2.31. The highest BCUT2D eigenvalue weighted by atomic mass is 32.1. The zero-order valence-electron chi connectivity index (χ0n) is 10.3. The molecule has 0 aliphatic heterocycles. The topological polar surface area (TPSA) is 41.1 Å². The van der Waals surface area contributed by atoms with E-state index in [9.17, 15) is 4.79 Å². The number of carbonyl (C=O) groups excluding carboxylic acids is 1. The van der Waals surface area contributed by atoms with Gasteiger partial charge in [0.05, 0.1) is 6.54 Å². The van der Waals surface area contributed by atoms with E-state index < -0.39 is 0 Å². The highest BCUT2D eigenvalue weighted by Crippen LogP contribution is 2.07. The lowest BCUT2D eigenvalue weighted by Crippen LogP contribution is -2.34. The first kappa shape index (κ1) is 12.6. The molecule has 2 amide bonds. The smallest absolute Gasteiger partial charge is 0.315 e. The number of amides is 2. The van der Waals surface area contributed by atoms with E-state index in [0.29, 0.717) is 13.1 Å². The molecule has 2 N–H and O–H groups in total. The third kappa shape index (κ3) is 3.89. The van der Waals surface area contributed by atoms with Crippen LogP contribution in [0.5, 0.6) is 0 Å². The predicted octanol–water partition coefficient (Wildman–Crippen LogP) is 3.06. The lowest BCUT2D eigenvalue weighted by molar-refractivity contribution is 0.240. The van der Waals surface area contributed by atoms with Crippen LogP contribution in [0.1, 0.15) is 16.0 Å². The van der Waals surface area contributed by atoms with Gasteiger partial charge in [-0.2, -0.15) is 0 Å². The number of urea groups is 1. The summed E-state index contributed by atoms with van der Waals surface area (Å²) in [6.45, 7) is 3.18. The Morgan fingerprint density at radius 1 is 1.17 bits per heavy atom. The summed E-state index contributed by atoms with van der Waals surface area (Å²) in [5, 5.41) is 7.68. The minimum Gasteiger partial charge on any atom is -0.334 e. The van der Waals surface area contributed by atoms with Gasteiger partial charge in [0.25, 0.3) is 0 Å². The number of rotatable bonds is 4. The first-order valence-corrected chi connectivity index (χ1v) is 6.71. The van der Waals surface area contributed by atoms with Crippen LogP contribution < -0.4 is 10.6 Å². The highest BCUT2D eigenvalue weighted by Gasteiger charge is 2.01. The number of thiophene rings is 1. The lowest BCUT2D eigenvalue weighted by Gasteiger charge is -2.07. The fraction of sp³-hybridized carbons (Fsp3) is 0.214. The fourth-order valence-electron chi connectivity index (χ4n) is 1.65. The molecule has 0 radical (unpaired) electrons. The van der Waals surface area contributed by atoms with Crippen LogP contribution in [-0.4, -0.2) is 6.03 Å². The van der Waals surface area contributed by atoms with Crippen molar-refractivity contribution in [3.8, 4) is 0 Å². The molecular formula is C14H16N2OS. The molecule has 94 valence electrons. The van der Waals surface area contributed by atoms with Crippen LogP contribution in [-0.2, 0) is 13.1 Å². The normalized spacial score (nSPS) is 10.1. The van der Waals surface area contributed by atoms with E-state index in [-0.39, 0.29) is 6.03 Å². The van der Waals surface area contributed by atoms with Crippen molar-refractivity contribution in [3.63, 3.8) is 0 Å². The Morgan fingerprint density at radius 2 is 2.00 bits per heavy atom. The summed E-state index contributed by atoms with van der Waals surface area (Å²) in [7, 11) is 0. The van der Waals surface area contributed by atoms with Gasteiger partial charge in [0.15, 0.2) is 0 Å². The molecule has 18 heavy (non-hydrogen) atoms.